The Bertz CT molecular complexity index is 514. The van der Waals surface area contributed by atoms with E-state index in [9.17, 15) is 18.0 Å². The summed E-state index contributed by atoms with van der Waals surface area (Å²) in [6.07, 6.45) is -3.59. The Morgan fingerprint density at radius 3 is 2.38 bits per heavy atom. The van der Waals surface area contributed by atoms with Gasteiger partial charge >= 0.3 is 12.1 Å². The van der Waals surface area contributed by atoms with E-state index in [1.165, 1.54) is 14.0 Å². The molecular formula is C13H17F3N2O3. The maximum atomic E-state index is 13.1. The van der Waals surface area contributed by atoms with Crippen LogP contribution in [0.2, 0.25) is 0 Å². The van der Waals surface area contributed by atoms with Gasteiger partial charge in [-0.1, -0.05) is 6.92 Å². The first kappa shape index (κ1) is 17.4. The lowest BCUT2D eigenvalue weighted by atomic mass is 10.0. The molecule has 0 spiro atoms. The molecule has 1 aromatic rings. The average Bonchev–Trinajstić information content (AvgIpc) is 2.45. The van der Waals surface area contributed by atoms with Crippen molar-refractivity contribution >= 4 is 5.97 Å². The Morgan fingerprint density at radius 2 is 1.95 bits per heavy atom. The summed E-state index contributed by atoms with van der Waals surface area (Å²) in [5.41, 5.74) is -3.09. The lowest BCUT2D eigenvalue weighted by Gasteiger charge is -2.25. The van der Waals surface area contributed by atoms with E-state index in [1.807, 2.05) is 0 Å². The molecule has 1 rings (SSSR count). The number of alkyl halides is 3. The van der Waals surface area contributed by atoms with E-state index in [2.05, 4.69) is 14.7 Å². The summed E-state index contributed by atoms with van der Waals surface area (Å²) in [5.74, 6) is -1.24. The molecule has 0 aliphatic heterocycles. The molecule has 0 saturated heterocycles. The third kappa shape index (κ3) is 3.69. The molecule has 1 atom stereocenters. The van der Waals surface area contributed by atoms with Gasteiger partial charge in [-0.3, -0.25) is 0 Å². The number of ether oxygens (including phenoxy) is 2. The third-order valence-corrected chi connectivity index (χ3v) is 3.15. The molecule has 1 aromatic heterocycles. The molecule has 118 valence electrons. The highest BCUT2D eigenvalue weighted by Gasteiger charge is 2.40. The van der Waals surface area contributed by atoms with Crippen LogP contribution in [0.4, 0.5) is 13.2 Å². The molecule has 0 amide bonds. The second-order valence-corrected chi connectivity index (χ2v) is 4.46. The molecule has 0 aliphatic rings. The van der Waals surface area contributed by atoms with Crippen LogP contribution in [0.1, 0.15) is 49.1 Å². The van der Waals surface area contributed by atoms with Gasteiger partial charge in [-0.2, -0.15) is 13.2 Å². The maximum Gasteiger partial charge on any atom is 0.434 e. The van der Waals surface area contributed by atoms with Gasteiger partial charge in [-0.05, 0) is 20.3 Å². The number of rotatable bonds is 5. The van der Waals surface area contributed by atoms with Crippen LogP contribution < -0.4 is 0 Å². The highest BCUT2D eigenvalue weighted by atomic mass is 19.4. The fraction of sp³-hybridized carbons (Fsp3) is 0.615. The predicted octanol–water partition coefficient (Wildman–Crippen LogP) is 2.94. The van der Waals surface area contributed by atoms with Gasteiger partial charge in [-0.15, -0.1) is 0 Å². The largest absolute Gasteiger partial charge is 0.462 e. The summed E-state index contributed by atoms with van der Waals surface area (Å²) in [4.78, 5) is 18.9. The third-order valence-electron chi connectivity index (χ3n) is 3.15. The van der Waals surface area contributed by atoms with Gasteiger partial charge in [-0.25, -0.2) is 14.8 Å². The fourth-order valence-electron chi connectivity index (χ4n) is 1.60. The van der Waals surface area contributed by atoms with Crippen LogP contribution in [0.25, 0.3) is 0 Å². The second kappa shape index (κ2) is 6.38. The molecule has 21 heavy (non-hydrogen) atoms. The quantitative estimate of drug-likeness (QED) is 0.783. The minimum absolute atomic E-state index is 0.0391. The lowest BCUT2D eigenvalue weighted by Crippen LogP contribution is -2.29. The molecule has 0 N–H and O–H groups in total. The summed E-state index contributed by atoms with van der Waals surface area (Å²) in [5, 5.41) is 0. The lowest BCUT2D eigenvalue weighted by molar-refractivity contribution is -0.142. The van der Waals surface area contributed by atoms with Gasteiger partial charge in [0.1, 0.15) is 11.2 Å². The van der Waals surface area contributed by atoms with E-state index in [4.69, 9.17) is 4.74 Å². The van der Waals surface area contributed by atoms with Crippen LogP contribution in [0.15, 0.2) is 6.20 Å². The Labute approximate surface area is 120 Å². The highest BCUT2D eigenvalue weighted by molar-refractivity contribution is 5.90. The average molecular weight is 306 g/mol. The zero-order chi connectivity index (χ0) is 16.3. The highest BCUT2D eigenvalue weighted by Crippen LogP contribution is 2.33. The van der Waals surface area contributed by atoms with Crippen LogP contribution in [0.5, 0.6) is 0 Å². The molecule has 0 saturated carbocycles. The Kier molecular flexibility index (Phi) is 5.27. The minimum Gasteiger partial charge on any atom is -0.462 e. The zero-order valence-electron chi connectivity index (χ0n) is 12.2. The van der Waals surface area contributed by atoms with E-state index >= 15 is 0 Å². The first-order chi connectivity index (χ1) is 9.69. The van der Waals surface area contributed by atoms with E-state index in [0.29, 0.717) is 6.42 Å². The van der Waals surface area contributed by atoms with E-state index in [0.717, 1.165) is 6.20 Å². The molecule has 5 nitrogen and oxygen atoms in total. The number of hydrogen-bond donors (Lipinski definition) is 0. The van der Waals surface area contributed by atoms with Crippen LogP contribution in [-0.2, 0) is 21.3 Å². The number of nitrogens with zero attached hydrogens (tertiary/aromatic N) is 2. The molecule has 1 heterocycles. The van der Waals surface area contributed by atoms with Gasteiger partial charge in [0.2, 0.25) is 0 Å². The number of methoxy groups -OCH3 is 1. The summed E-state index contributed by atoms with van der Waals surface area (Å²) < 4.78 is 49.0. The van der Waals surface area contributed by atoms with Crippen molar-refractivity contribution in [2.24, 2.45) is 0 Å². The topological polar surface area (TPSA) is 61.3 Å². The van der Waals surface area contributed by atoms with Crippen LogP contribution in [0.3, 0.4) is 0 Å². The Hall–Kier alpha value is -1.70. The first-order valence-corrected chi connectivity index (χ1v) is 6.36. The smallest absolute Gasteiger partial charge is 0.434 e. The van der Waals surface area contributed by atoms with Crippen molar-refractivity contribution in [1.29, 1.82) is 0 Å². The molecule has 1 unspecified atom stereocenters. The van der Waals surface area contributed by atoms with Crippen LogP contribution >= 0.6 is 0 Å². The normalized spacial score (nSPS) is 14.6. The molecule has 0 aliphatic carbocycles. The van der Waals surface area contributed by atoms with Crippen molar-refractivity contribution in [3.05, 3.63) is 23.3 Å². The second-order valence-electron chi connectivity index (χ2n) is 4.46. The number of carbonyl (C=O) groups is 1. The number of aromatic nitrogens is 2. The van der Waals surface area contributed by atoms with Crippen molar-refractivity contribution < 1.29 is 27.4 Å². The Morgan fingerprint density at radius 1 is 1.33 bits per heavy atom. The van der Waals surface area contributed by atoms with Gasteiger partial charge in [0.25, 0.3) is 0 Å². The number of hydrogen-bond acceptors (Lipinski definition) is 5. The van der Waals surface area contributed by atoms with Gasteiger partial charge in [0.15, 0.2) is 11.5 Å². The van der Waals surface area contributed by atoms with Crippen molar-refractivity contribution in [3.63, 3.8) is 0 Å². The SMILES string of the molecule is CCOC(=O)c1cnc(C(C)(CC)OC)nc1C(F)(F)F. The molecule has 0 bridgehead atoms. The summed E-state index contributed by atoms with van der Waals surface area (Å²) >= 11 is 0. The van der Waals surface area contributed by atoms with E-state index < -0.39 is 29.0 Å². The van der Waals surface area contributed by atoms with Gasteiger partial charge in [0, 0.05) is 13.3 Å². The molecule has 0 aromatic carbocycles. The summed E-state index contributed by atoms with van der Waals surface area (Å²) in [7, 11) is 1.36. The van der Waals surface area contributed by atoms with Gasteiger partial charge in [0.05, 0.1) is 6.61 Å². The first-order valence-electron chi connectivity index (χ1n) is 6.36. The van der Waals surface area contributed by atoms with Crippen molar-refractivity contribution in [3.8, 4) is 0 Å². The summed E-state index contributed by atoms with van der Waals surface area (Å²) in [6, 6.07) is 0. The number of esters is 1. The monoisotopic (exact) mass is 306 g/mol. The van der Waals surface area contributed by atoms with Gasteiger partial charge < -0.3 is 9.47 Å². The molecule has 8 heteroatoms. The fourth-order valence-corrected chi connectivity index (χ4v) is 1.60. The van der Waals surface area contributed by atoms with Crippen molar-refractivity contribution in [2.45, 2.75) is 39.0 Å². The van der Waals surface area contributed by atoms with E-state index in [1.54, 1.807) is 13.8 Å². The van der Waals surface area contributed by atoms with Crippen molar-refractivity contribution in [2.75, 3.05) is 13.7 Å². The van der Waals surface area contributed by atoms with Crippen LogP contribution in [0, 0.1) is 0 Å². The standard InChI is InChI=1S/C13H17F3N2O3/c1-5-12(3,20-4)11-17-7-8(10(19)21-6-2)9(18-11)13(14,15)16/h7H,5-6H2,1-4H3. The molecule has 0 radical (unpaired) electrons. The van der Waals surface area contributed by atoms with Crippen LogP contribution in [-0.4, -0.2) is 29.7 Å². The Balaban J connectivity index is 3.42. The van der Waals surface area contributed by atoms with Crippen molar-refractivity contribution in [1.82, 2.24) is 9.97 Å². The zero-order valence-corrected chi connectivity index (χ0v) is 12.2. The summed E-state index contributed by atoms with van der Waals surface area (Å²) in [6.45, 7) is 4.77. The number of carbonyl (C=O) groups excluding carboxylic acids is 1. The van der Waals surface area contributed by atoms with E-state index in [-0.39, 0.29) is 12.4 Å². The predicted molar refractivity (Wildman–Crippen MR) is 67.6 cm³/mol. The number of halogens is 3. The maximum absolute atomic E-state index is 13.1. The minimum atomic E-state index is -4.79. The molecular weight excluding hydrogens is 289 g/mol. The molecule has 0 fully saturated rings.